The average molecular weight is 438 g/mol. The fourth-order valence-electron chi connectivity index (χ4n) is 2.78. The maximum absolute atomic E-state index is 13.6. The number of nitrogens with two attached hydrogens (primary N) is 1. The van der Waals surface area contributed by atoms with Gasteiger partial charge in [-0.15, -0.1) is 0 Å². The SMILES string of the molecule is NC(=O)COc1cc(Cl)c(Cc2ccc(O)c(-c3ccc(F)c(F)c3)c2)c(Cl)c1. The van der Waals surface area contributed by atoms with Gasteiger partial charge in [-0.25, -0.2) is 8.78 Å². The van der Waals surface area contributed by atoms with Crippen LogP contribution in [-0.2, 0) is 11.2 Å². The van der Waals surface area contributed by atoms with Gasteiger partial charge in [0.25, 0.3) is 5.91 Å². The molecule has 8 heteroatoms. The Balaban J connectivity index is 1.91. The molecular formula is C21H15Cl2F2NO3. The van der Waals surface area contributed by atoms with E-state index in [9.17, 15) is 18.7 Å². The molecule has 0 radical (unpaired) electrons. The number of hydrogen-bond acceptors (Lipinski definition) is 3. The number of hydrogen-bond donors (Lipinski definition) is 2. The van der Waals surface area contributed by atoms with Crippen molar-refractivity contribution < 1.29 is 23.4 Å². The molecule has 0 fully saturated rings. The van der Waals surface area contributed by atoms with Crippen LogP contribution in [0.5, 0.6) is 11.5 Å². The molecule has 3 rings (SSSR count). The normalized spacial score (nSPS) is 10.8. The highest BCUT2D eigenvalue weighted by atomic mass is 35.5. The third kappa shape index (κ3) is 4.96. The third-order valence-corrected chi connectivity index (χ3v) is 4.84. The van der Waals surface area contributed by atoms with Crippen molar-refractivity contribution in [2.24, 2.45) is 5.73 Å². The van der Waals surface area contributed by atoms with Gasteiger partial charge >= 0.3 is 0 Å². The van der Waals surface area contributed by atoms with Crippen molar-refractivity contribution in [3.8, 4) is 22.6 Å². The molecule has 0 aliphatic rings. The van der Waals surface area contributed by atoms with Gasteiger partial charge in [-0.3, -0.25) is 4.79 Å². The third-order valence-electron chi connectivity index (χ3n) is 4.17. The summed E-state index contributed by atoms with van der Waals surface area (Å²) in [5, 5.41) is 10.8. The summed E-state index contributed by atoms with van der Waals surface area (Å²) in [6.07, 6.45) is 0.310. The van der Waals surface area contributed by atoms with Gasteiger partial charge in [0.05, 0.1) is 0 Å². The van der Waals surface area contributed by atoms with Crippen LogP contribution >= 0.6 is 23.2 Å². The smallest absolute Gasteiger partial charge is 0.255 e. The van der Waals surface area contributed by atoms with Crippen molar-refractivity contribution in [2.45, 2.75) is 6.42 Å². The van der Waals surface area contributed by atoms with Crippen molar-refractivity contribution in [2.75, 3.05) is 6.61 Å². The fraction of sp³-hybridized carbons (Fsp3) is 0.0952. The molecule has 0 aromatic heterocycles. The second-order valence-electron chi connectivity index (χ2n) is 6.28. The van der Waals surface area contributed by atoms with Crippen LogP contribution < -0.4 is 10.5 Å². The van der Waals surface area contributed by atoms with Gasteiger partial charge in [-0.1, -0.05) is 35.3 Å². The number of rotatable bonds is 6. The number of phenols is 1. The van der Waals surface area contributed by atoms with E-state index >= 15 is 0 Å². The van der Waals surface area contributed by atoms with E-state index in [1.165, 1.54) is 24.3 Å². The lowest BCUT2D eigenvalue weighted by Crippen LogP contribution is -2.20. The van der Waals surface area contributed by atoms with Crippen molar-refractivity contribution in [3.05, 3.63) is 81.3 Å². The zero-order valence-corrected chi connectivity index (χ0v) is 16.4. The fourth-order valence-corrected chi connectivity index (χ4v) is 3.38. The van der Waals surface area contributed by atoms with E-state index in [2.05, 4.69) is 0 Å². The molecule has 0 unspecified atom stereocenters. The lowest BCUT2D eigenvalue weighted by atomic mass is 9.98. The van der Waals surface area contributed by atoms with E-state index in [1.807, 2.05) is 0 Å². The second kappa shape index (κ2) is 8.68. The molecule has 0 aliphatic carbocycles. The van der Waals surface area contributed by atoms with Crippen LogP contribution in [0.4, 0.5) is 8.78 Å². The summed E-state index contributed by atoms with van der Waals surface area (Å²) in [6.45, 7) is -0.304. The zero-order valence-electron chi connectivity index (χ0n) is 14.9. The quantitative estimate of drug-likeness (QED) is 0.563. The molecule has 3 aromatic carbocycles. The molecule has 0 atom stereocenters. The summed E-state index contributed by atoms with van der Waals surface area (Å²) in [4.78, 5) is 10.8. The number of amides is 1. The van der Waals surface area contributed by atoms with Gasteiger partial charge in [0.2, 0.25) is 0 Å². The summed E-state index contributed by atoms with van der Waals surface area (Å²) in [5.41, 5.74) is 7.05. The molecule has 4 nitrogen and oxygen atoms in total. The van der Waals surface area contributed by atoms with Crippen LogP contribution in [0.2, 0.25) is 10.0 Å². The summed E-state index contributed by atoms with van der Waals surface area (Å²) >= 11 is 12.6. The maximum Gasteiger partial charge on any atom is 0.255 e. The first-order valence-electron chi connectivity index (χ1n) is 8.41. The average Bonchev–Trinajstić information content (AvgIpc) is 2.66. The summed E-state index contributed by atoms with van der Waals surface area (Å²) in [7, 11) is 0. The predicted molar refractivity (Wildman–Crippen MR) is 107 cm³/mol. The van der Waals surface area contributed by atoms with E-state index in [0.29, 0.717) is 38.9 Å². The van der Waals surface area contributed by atoms with Gasteiger partial charge in [0.1, 0.15) is 11.5 Å². The topological polar surface area (TPSA) is 72.6 Å². The van der Waals surface area contributed by atoms with E-state index in [4.69, 9.17) is 33.7 Å². The number of phenolic OH excluding ortho intramolecular Hbond substituents is 1. The number of carbonyl (C=O) groups excluding carboxylic acids is 1. The largest absolute Gasteiger partial charge is 0.507 e. The Morgan fingerprint density at radius 2 is 1.69 bits per heavy atom. The molecule has 0 aliphatic heterocycles. The van der Waals surface area contributed by atoms with Gasteiger partial charge in [-0.05, 0) is 53.1 Å². The van der Waals surface area contributed by atoms with Gasteiger partial charge in [0, 0.05) is 22.0 Å². The van der Waals surface area contributed by atoms with E-state index < -0.39 is 17.5 Å². The molecule has 150 valence electrons. The molecule has 29 heavy (non-hydrogen) atoms. The molecule has 1 amide bonds. The first kappa shape index (κ1) is 20.9. The van der Waals surface area contributed by atoms with Crippen LogP contribution in [0, 0.1) is 11.6 Å². The van der Waals surface area contributed by atoms with Gasteiger partial charge < -0.3 is 15.6 Å². The molecule has 0 spiro atoms. The molecule has 0 saturated heterocycles. The Bertz CT molecular complexity index is 1070. The van der Waals surface area contributed by atoms with E-state index in [0.717, 1.165) is 17.7 Å². The van der Waals surface area contributed by atoms with Crippen LogP contribution in [0.25, 0.3) is 11.1 Å². The molecular weight excluding hydrogens is 423 g/mol. The Morgan fingerprint density at radius 3 is 2.31 bits per heavy atom. The van der Waals surface area contributed by atoms with Crippen LogP contribution in [-0.4, -0.2) is 17.6 Å². The highest BCUT2D eigenvalue weighted by Crippen LogP contribution is 2.35. The Morgan fingerprint density at radius 1 is 1.00 bits per heavy atom. The zero-order chi connectivity index (χ0) is 21.1. The maximum atomic E-state index is 13.6. The molecule has 0 heterocycles. The van der Waals surface area contributed by atoms with Crippen molar-refractivity contribution >= 4 is 29.1 Å². The Kier molecular flexibility index (Phi) is 6.25. The van der Waals surface area contributed by atoms with Gasteiger partial charge in [0.15, 0.2) is 18.2 Å². The summed E-state index contributed by atoms with van der Waals surface area (Å²) in [6, 6.07) is 11.2. The number of carbonyl (C=O) groups is 1. The van der Waals surface area contributed by atoms with Crippen LogP contribution in [0.1, 0.15) is 11.1 Å². The Hall–Kier alpha value is -2.83. The minimum atomic E-state index is -1.01. The lowest BCUT2D eigenvalue weighted by molar-refractivity contribution is -0.119. The summed E-state index contributed by atoms with van der Waals surface area (Å²) < 4.78 is 32.0. The highest BCUT2D eigenvalue weighted by molar-refractivity contribution is 6.36. The number of benzene rings is 3. The van der Waals surface area contributed by atoms with Crippen LogP contribution in [0.15, 0.2) is 48.5 Å². The lowest BCUT2D eigenvalue weighted by Gasteiger charge is -2.12. The van der Waals surface area contributed by atoms with Crippen molar-refractivity contribution in [3.63, 3.8) is 0 Å². The number of halogens is 4. The minimum absolute atomic E-state index is 0.0767. The van der Waals surface area contributed by atoms with Crippen LogP contribution in [0.3, 0.4) is 0 Å². The number of primary amides is 1. The van der Waals surface area contributed by atoms with E-state index in [1.54, 1.807) is 12.1 Å². The van der Waals surface area contributed by atoms with Crippen molar-refractivity contribution in [1.82, 2.24) is 0 Å². The minimum Gasteiger partial charge on any atom is -0.507 e. The second-order valence-corrected chi connectivity index (χ2v) is 7.09. The Labute approximate surface area is 175 Å². The first-order chi connectivity index (χ1) is 13.7. The van der Waals surface area contributed by atoms with E-state index in [-0.39, 0.29) is 12.4 Å². The molecule has 0 saturated carbocycles. The highest BCUT2D eigenvalue weighted by Gasteiger charge is 2.14. The molecule has 3 N–H and O–H groups in total. The van der Waals surface area contributed by atoms with Crippen molar-refractivity contribution in [1.29, 1.82) is 0 Å². The molecule has 3 aromatic rings. The number of aromatic hydroxyl groups is 1. The van der Waals surface area contributed by atoms with Gasteiger partial charge in [-0.2, -0.15) is 0 Å². The first-order valence-corrected chi connectivity index (χ1v) is 9.16. The molecule has 0 bridgehead atoms. The monoisotopic (exact) mass is 437 g/mol. The predicted octanol–water partition coefficient (Wildman–Crippen LogP) is 5.10. The number of ether oxygens (including phenoxy) is 1. The standard InChI is InChI=1S/C21H15Cl2F2NO3/c22-16-8-13(29-10-21(26)28)9-17(23)15(16)6-11-1-4-20(27)14(5-11)12-2-3-18(24)19(25)7-12/h1-5,7-9,27H,6,10H2,(H2,26,28). The summed E-state index contributed by atoms with van der Waals surface area (Å²) in [5.74, 6) is -2.38.